The van der Waals surface area contributed by atoms with Crippen LogP contribution in [0.25, 0.3) is 0 Å². The fourth-order valence-electron chi connectivity index (χ4n) is 2.10. The van der Waals surface area contributed by atoms with Crippen molar-refractivity contribution in [3.8, 4) is 0 Å². The highest BCUT2D eigenvalue weighted by Gasteiger charge is 2.09. The molecule has 1 aromatic rings. The van der Waals surface area contributed by atoms with Gasteiger partial charge in [-0.15, -0.1) is 5.10 Å². The van der Waals surface area contributed by atoms with E-state index in [9.17, 15) is 0 Å². The number of nitrogens with one attached hydrogen (secondary N) is 2. The molecule has 0 atom stereocenters. The Balaban J connectivity index is 1.70. The van der Waals surface area contributed by atoms with E-state index < -0.39 is 0 Å². The van der Waals surface area contributed by atoms with E-state index in [2.05, 4.69) is 44.6 Å². The SMILES string of the molecule is CC(C)CCNc1cnnc(NCCN2CCOCC2)n1. The van der Waals surface area contributed by atoms with Gasteiger partial charge in [0.1, 0.15) is 5.82 Å². The fourth-order valence-corrected chi connectivity index (χ4v) is 2.10. The lowest BCUT2D eigenvalue weighted by molar-refractivity contribution is 0.0398. The summed E-state index contributed by atoms with van der Waals surface area (Å²) in [4.78, 5) is 6.78. The van der Waals surface area contributed by atoms with Gasteiger partial charge < -0.3 is 15.4 Å². The van der Waals surface area contributed by atoms with Crippen LogP contribution in [0.2, 0.25) is 0 Å². The average Bonchev–Trinajstić information content (AvgIpc) is 2.48. The molecular formula is C14H26N6O. The fraction of sp³-hybridized carbons (Fsp3) is 0.786. The molecule has 2 N–H and O–H groups in total. The van der Waals surface area contributed by atoms with Crippen LogP contribution in [-0.2, 0) is 4.74 Å². The van der Waals surface area contributed by atoms with Gasteiger partial charge in [0.05, 0.1) is 19.4 Å². The van der Waals surface area contributed by atoms with Crippen LogP contribution < -0.4 is 10.6 Å². The molecule has 21 heavy (non-hydrogen) atoms. The first-order chi connectivity index (χ1) is 10.2. The van der Waals surface area contributed by atoms with Gasteiger partial charge in [0.15, 0.2) is 0 Å². The largest absolute Gasteiger partial charge is 0.379 e. The molecule has 2 heterocycles. The molecule has 0 saturated carbocycles. The van der Waals surface area contributed by atoms with Crippen LogP contribution in [0.1, 0.15) is 20.3 Å². The van der Waals surface area contributed by atoms with Crippen LogP contribution >= 0.6 is 0 Å². The maximum absolute atomic E-state index is 5.33. The first-order valence-electron chi connectivity index (χ1n) is 7.71. The number of hydrogen-bond donors (Lipinski definition) is 2. The Morgan fingerprint density at radius 3 is 2.81 bits per heavy atom. The molecule has 2 rings (SSSR count). The van der Waals surface area contributed by atoms with Gasteiger partial charge in [0.25, 0.3) is 0 Å². The number of morpholine rings is 1. The Labute approximate surface area is 126 Å². The van der Waals surface area contributed by atoms with Crippen molar-refractivity contribution in [2.24, 2.45) is 5.92 Å². The minimum absolute atomic E-state index is 0.581. The van der Waals surface area contributed by atoms with Gasteiger partial charge in [0.2, 0.25) is 5.95 Å². The lowest BCUT2D eigenvalue weighted by Crippen LogP contribution is -2.39. The van der Waals surface area contributed by atoms with Gasteiger partial charge >= 0.3 is 0 Å². The third-order valence-electron chi connectivity index (χ3n) is 3.40. The summed E-state index contributed by atoms with van der Waals surface area (Å²) in [6.07, 6.45) is 2.78. The van der Waals surface area contributed by atoms with Crippen LogP contribution in [0, 0.1) is 5.92 Å². The predicted octanol–water partition coefficient (Wildman–Crippen LogP) is 1.07. The highest BCUT2D eigenvalue weighted by atomic mass is 16.5. The van der Waals surface area contributed by atoms with Crippen molar-refractivity contribution in [3.63, 3.8) is 0 Å². The van der Waals surface area contributed by atoms with E-state index in [-0.39, 0.29) is 0 Å². The second-order valence-electron chi connectivity index (χ2n) is 5.66. The molecule has 0 aliphatic carbocycles. The smallest absolute Gasteiger partial charge is 0.244 e. The normalized spacial score (nSPS) is 16.1. The second kappa shape index (κ2) is 8.74. The molecule has 1 aromatic heterocycles. The van der Waals surface area contributed by atoms with Crippen molar-refractivity contribution < 1.29 is 4.74 Å². The standard InChI is InChI=1S/C14H26N6O/c1-12(2)3-4-15-13-11-17-19-14(18-13)16-5-6-20-7-9-21-10-8-20/h11-12H,3-10H2,1-2H3,(H2,15,16,18,19). The van der Waals surface area contributed by atoms with E-state index >= 15 is 0 Å². The van der Waals surface area contributed by atoms with Crippen molar-refractivity contribution in [3.05, 3.63) is 6.20 Å². The zero-order valence-corrected chi connectivity index (χ0v) is 13.0. The van der Waals surface area contributed by atoms with Gasteiger partial charge in [-0.3, -0.25) is 4.90 Å². The molecule has 0 radical (unpaired) electrons. The molecule has 0 amide bonds. The molecule has 0 spiro atoms. The first-order valence-corrected chi connectivity index (χ1v) is 7.71. The average molecular weight is 294 g/mol. The molecule has 1 fully saturated rings. The third-order valence-corrected chi connectivity index (χ3v) is 3.40. The van der Waals surface area contributed by atoms with Crippen LogP contribution in [0.15, 0.2) is 6.20 Å². The molecule has 118 valence electrons. The molecule has 1 saturated heterocycles. The summed E-state index contributed by atoms with van der Waals surface area (Å²) in [6.45, 7) is 10.8. The summed E-state index contributed by atoms with van der Waals surface area (Å²) >= 11 is 0. The Hall–Kier alpha value is -1.47. The van der Waals surface area contributed by atoms with Gasteiger partial charge in [-0.25, -0.2) is 0 Å². The molecule has 1 aliphatic rings. The molecule has 1 aliphatic heterocycles. The summed E-state index contributed by atoms with van der Waals surface area (Å²) in [5.41, 5.74) is 0. The zero-order chi connectivity index (χ0) is 14.9. The van der Waals surface area contributed by atoms with Crippen LogP contribution in [0.3, 0.4) is 0 Å². The third kappa shape index (κ3) is 6.22. The lowest BCUT2D eigenvalue weighted by Gasteiger charge is -2.26. The van der Waals surface area contributed by atoms with Gasteiger partial charge in [-0.05, 0) is 12.3 Å². The van der Waals surface area contributed by atoms with Crippen LogP contribution in [0.5, 0.6) is 0 Å². The quantitative estimate of drug-likeness (QED) is 0.743. The van der Waals surface area contributed by atoms with E-state index in [0.29, 0.717) is 11.9 Å². The van der Waals surface area contributed by atoms with Crippen LogP contribution in [0.4, 0.5) is 11.8 Å². The Morgan fingerprint density at radius 1 is 1.24 bits per heavy atom. The Morgan fingerprint density at radius 2 is 2.05 bits per heavy atom. The monoisotopic (exact) mass is 294 g/mol. The van der Waals surface area contributed by atoms with E-state index in [1.165, 1.54) is 0 Å². The van der Waals surface area contributed by atoms with E-state index in [0.717, 1.165) is 58.2 Å². The highest BCUT2D eigenvalue weighted by molar-refractivity contribution is 5.36. The molecule has 0 bridgehead atoms. The highest BCUT2D eigenvalue weighted by Crippen LogP contribution is 2.05. The van der Waals surface area contributed by atoms with Crippen molar-refractivity contribution in [2.75, 3.05) is 56.6 Å². The van der Waals surface area contributed by atoms with E-state index in [1.807, 2.05) is 0 Å². The van der Waals surface area contributed by atoms with Gasteiger partial charge in [-0.1, -0.05) is 13.8 Å². The molecule has 7 heteroatoms. The Kier molecular flexibility index (Phi) is 6.62. The second-order valence-corrected chi connectivity index (χ2v) is 5.66. The zero-order valence-electron chi connectivity index (χ0n) is 13.0. The van der Waals surface area contributed by atoms with Gasteiger partial charge in [0, 0.05) is 32.7 Å². The molecule has 0 aromatic carbocycles. The molecule has 0 unspecified atom stereocenters. The van der Waals surface area contributed by atoms with Gasteiger partial charge in [-0.2, -0.15) is 10.1 Å². The Bertz CT molecular complexity index is 408. The number of anilines is 2. The summed E-state index contributed by atoms with van der Waals surface area (Å²) in [6, 6.07) is 0. The van der Waals surface area contributed by atoms with E-state index in [4.69, 9.17) is 4.74 Å². The first kappa shape index (κ1) is 15.9. The topological polar surface area (TPSA) is 75.2 Å². The minimum Gasteiger partial charge on any atom is -0.379 e. The summed E-state index contributed by atoms with van der Waals surface area (Å²) in [7, 11) is 0. The molecular weight excluding hydrogens is 268 g/mol. The lowest BCUT2D eigenvalue weighted by atomic mass is 10.1. The van der Waals surface area contributed by atoms with Crippen molar-refractivity contribution in [2.45, 2.75) is 20.3 Å². The van der Waals surface area contributed by atoms with Crippen LogP contribution in [-0.4, -0.2) is 66.0 Å². The van der Waals surface area contributed by atoms with Crippen molar-refractivity contribution in [1.82, 2.24) is 20.1 Å². The summed E-state index contributed by atoms with van der Waals surface area (Å²) in [5.74, 6) is 2.04. The van der Waals surface area contributed by atoms with E-state index in [1.54, 1.807) is 6.20 Å². The summed E-state index contributed by atoms with van der Waals surface area (Å²) in [5, 5.41) is 14.5. The minimum atomic E-state index is 0.581. The van der Waals surface area contributed by atoms with Crippen molar-refractivity contribution in [1.29, 1.82) is 0 Å². The predicted molar refractivity (Wildman–Crippen MR) is 83.5 cm³/mol. The number of hydrogen-bond acceptors (Lipinski definition) is 7. The molecule has 7 nitrogen and oxygen atoms in total. The number of rotatable bonds is 8. The van der Waals surface area contributed by atoms with Crippen molar-refractivity contribution >= 4 is 11.8 Å². The number of nitrogens with zero attached hydrogens (tertiary/aromatic N) is 4. The number of ether oxygens (including phenoxy) is 1. The number of aromatic nitrogens is 3. The maximum atomic E-state index is 5.33. The summed E-state index contributed by atoms with van der Waals surface area (Å²) < 4.78 is 5.33. The maximum Gasteiger partial charge on any atom is 0.244 e.